The van der Waals surface area contributed by atoms with Crippen molar-refractivity contribution in [3.8, 4) is 0 Å². The molecule has 2 nitrogen and oxygen atoms in total. The summed E-state index contributed by atoms with van der Waals surface area (Å²) in [6.45, 7) is 2.23. The van der Waals surface area contributed by atoms with Crippen LogP contribution in [0.25, 0.3) is 0 Å². The maximum absolute atomic E-state index is 5.94. The molecule has 1 aliphatic carbocycles. The lowest BCUT2D eigenvalue weighted by atomic mass is 10.1. The zero-order valence-electron chi connectivity index (χ0n) is 6.66. The summed E-state index contributed by atoms with van der Waals surface area (Å²) < 4.78 is 5.22. The molecule has 0 aliphatic heterocycles. The van der Waals surface area contributed by atoms with Gasteiger partial charge >= 0.3 is 0 Å². The van der Waals surface area contributed by atoms with Gasteiger partial charge in [-0.1, -0.05) is 6.92 Å². The Kier molecular flexibility index (Phi) is 1.50. The van der Waals surface area contributed by atoms with E-state index in [0.29, 0.717) is 5.92 Å². The van der Waals surface area contributed by atoms with Gasteiger partial charge in [0, 0.05) is 0 Å². The van der Waals surface area contributed by atoms with E-state index in [1.165, 1.54) is 6.42 Å². The molecule has 1 fully saturated rings. The number of hydrogen-bond donors (Lipinski definition) is 1. The third-order valence-electron chi connectivity index (χ3n) is 2.50. The molecule has 3 unspecified atom stereocenters. The predicted molar refractivity (Wildman–Crippen MR) is 42.9 cm³/mol. The van der Waals surface area contributed by atoms with Crippen molar-refractivity contribution in [2.24, 2.45) is 17.6 Å². The van der Waals surface area contributed by atoms with Gasteiger partial charge in [-0.15, -0.1) is 0 Å². The fourth-order valence-corrected chi connectivity index (χ4v) is 1.54. The summed E-state index contributed by atoms with van der Waals surface area (Å²) >= 11 is 0. The first-order valence-corrected chi connectivity index (χ1v) is 4.08. The van der Waals surface area contributed by atoms with Crippen LogP contribution in [0.4, 0.5) is 0 Å². The first-order valence-electron chi connectivity index (χ1n) is 4.08. The average molecular weight is 151 g/mol. The minimum atomic E-state index is 0.125. The monoisotopic (exact) mass is 151 g/mol. The SMILES string of the molecule is CC1CC1C(N)c1ccco1. The molecule has 1 aromatic heterocycles. The van der Waals surface area contributed by atoms with Crippen molar-refractivity contribution in [3.63, 3.8) is 0 Å². The van der Waals surface area contributed by atoms with Gasteiger partial charge in [0.2, 0.25) is 0 Å². The Morgan fingerprint density at radius 1 is 1.73 bits per heavy atom. The van der Waals surface area contributed by atoms with Gasteiger partial charge in [-0.3, -0.25) is 0 Å². The second kappa shape index (κ2) is 2.38. The minimum Gasteiger partial charge on any atom is -0.468 e. The fraction of sp³-hybridized carbons (Fsp3) is 0.556. The van der Waals surface area contributed by atoms with Crippen LogP contribution in [-0.2, 0) is 0 Å². The molecule has 3 atom stereocenters. The molecule has 0 saturated heterocycles. The normalized spacial score (nSPS) is 31.8. The molecule has 60 valence electrons. The third kappa shape index (κ3) is 1.18. The molecule has 11 heavy (non-hydrogen) atoms. The van der Waals surface area contributed by atoms with Crippen LogP contribution >= 0.6 is 0 Å². The Bertz CT molecular complexity index is 230. The molecule has 0 aromatic carbocycles. The van der Waals surface area contributed by atoms with E-state index in [1.807, 2.05) is 12.1 Å². The molecular weight excluding hydrogens is 138 g/mol. The van der Waals surface area contributed by atoms with Crippen LogP contribution < -0.4 is 5.73 Å². The summed E-state index contributed by atoms with van der Waals surface area (Å²) in [5.41, 5.74) is 5.94. The molecule has 2 rings (SSSR count). The van der Waals surface area contributed by atoms with E-state index in [2.05, 4.69) is 6.92 Å². The van der Waals surface area contributed by atoms with Crippen molar-refractivity contribution in [1.82, 2.24) is 0 Å². The lowest BCUT2D eigenvalue weighted by molar-refractivity contribution is 0.433. The Morgan fingerprint density at radius 2 is 2.45 bits per heavy atom. The average Bonchev–Trinajstić information content (AvgIpc) is 2.56. The fourth-order valence-electron chi connectivity index (χ4n) is 1.54. The highest BCUT2D eigenvalue weighted by Crippen LogP contribution is 2.45. The van der Waals surface area contributed by atoms with Crippen molar-refractivity contribution in [1.29, 1.82) is 0 Å². The quantitative estimate of drug-likeness (QED) is 0.701. The van der Waals surface area contributed by atoms with Gasteiger partial charge in [-0.2, -0.15) is 0 Å². The summed E-state index contributed by atoms with van der Waals surface area (Å²) in [7, 11) is 0. The molecule has 1 heterocycles. The van der Waals surface area contributed by atoms with E-state index in [9.17, 15) is 0 Å². The van der Waals surface area contributed by atoms with Crippen LogP contribution in [0.2, 0.25) is 0 Å². The third-order valence-corrected chi connectivity index (χ3v) is 2.50. The van der Waals surface area contributed by atoms with Gasteiger partial charge in [-0.05, 0) is 30.4 Å². The van der Waals surface area contributed by atoms with Gasteiger partial charge < -0.3 is 10.2 Å². The summed E-state index contributed by atoms with van der Waals surface area (Å²) in [5.74, 6) is 2.37. The zero-order chi connectivity index (χ0) is 7.84. The van der Waals surface area contributed by atoms with Crippen LogP contribution in [0.5, 0.6) is 0 Å². The lowest BCUT2D eigenvalue weighted by Gasteiger charge is -2.05. The van der Waals surface area contributed by atoms with Crippen LogP contribution in [0, 0.1) is 11.8 Å². The summed E-state index contributed by atoms with van der Waals surface area (Å²) in [4.78, 5) is 0. The Hall–Kier alpha value is -0.760. The second-order valence-electron chi connectivity index (χ2n) is 3.42. The number of hydrogen-bond acceptors (Lipinski definition) is 2. The van der Waals surface area contributed by atoms with Crippen molar-refractivity contribution >= 4 is 0 Å². The molecule has 2 N–H and O–H groups in total. The van der Waals surface area contributed by atoms with E-state index in [4.69, 9.17) is 10.2 Å². The molecule has 1 saturated carbocycles. The predicted octanol–water partition coefficient (Wildman–Crippen LogP) is 1.94. The highest BCUT2D eigenvalue weighted by Gasteiger charge is 2.39. The smallest absolute Gasteiger partial charge is 0.120 e. The van der Waals surface area contributed by atoms with Gasteiger partial charge in [0.05, 0.1) is 12.3 Å². The Balaban J connectivity index is 2.06. The van der Waals surface area contributed by atoms with Crippen LogP contribution in [-0.4, -0.2) is 0 Å². The zero-order valence-corrected chi connectivity index (χ0v) is 6.66. The van der Waals surface area contributed by atoms with Crippen LogP contribution in [0.3, 0.4) is 0 Å². The van der Waals surface area contributed by atoms with E-state index < -0.39 is 0 Å². The van der Waals surface area contributed by atoms with Gasteiger partial charge in [0.1, 0.15) is 5.76 Å². The highest BCUT2D eigenvalue weighted by atomic mass is 16.3. The molecule has 0 spiro atoms. The summed E-state index contributed by atoms with van der Waals surface area (Å²) in [6.07, 6.45) is 2.93. The summed E-state index contributed by atoms with van der Waals surface area (Å²) in [5, 5.41) is 0. The van der Waals surface area contributed by atoms with Crippen molar-refractivity contribution in [2.75, 3.05) is 0 Å². The highest BCUT2D eigenvalue weighted by molar-refractivity contribution is 5.08. The molecule has 0 bridgehead atoms. The maximum Gasteiger partial charge on any atom is 0.120 e. The van der Waals surface area contributed by atoms with E-state index in [1.54, 1.807) is 6.26 Å². The number of nitrogens with two attached hydrogens (primary N) is 1. The molecule has 2 heteroatoms. The maximum atomic E-state index is 5.94. The van der Waals surface area contributed by atoms with Crippen molar-refractivity contribution in [3.05, 3.63) is 24.2 Å². The number of rotatable bonds is 2. The van der Waals surface area contributed by atoms with Gasteiger partial charge in [0.25, 0.3) is 0 Å². The molecule has 0 radical (unpaired) electrons. The van der Waals surface area contributed by atoms with E-state index in [-0.39, 0.29) is 6.04 Å². The van der Waals surface area contributed by atoms with Crippen molar-refractivity contribution in [2.45, 2.75) is 19.4 Å². The molecular formula is C9H13NO. The largest absolute Gasteiger partial charge is 0.468 e. The standard InChI is InChI=1S/C9H13NO/c1-6-5-7(6)9(10)8-3-2-4-11-8/h2-4,6-7,9H,5,10H2,1H3. The van der Waals surface area contributed by atoms with E-state index in [0.717, 1.165) is 11.7 Å². The summed E-state index contributed by atoms with van der Waals surface area (Å²) in [6, 6.07) is 3.97. The van der Waals surface area contributed by atoms with Gasteiger partial charge in [-0.25, -0.2) is 0 Å². The topological polar surface area (TPSA) is 39.2 Å². The minimum absolute atomic E-state index is 0.125. The van der Waals surface area contributed by atoms with Gasteiger partial charge in [0.15, 0.2) is 0 Å². The Morgan fingerprint density at radius 3 is 2.91 bits per heavy atom. The van der Waals surface area contributed by atoms with Crippen LogP contribution in [0.15, 0.2) is 22.8 Å². The lowest BCUT2D eigenvalue weighted by Crippen LogP contribution is -2.12. The Labute approximate surface area is 66.4 Å². The van der Waals surface area contributed by atoms with E-state index >= 15 is 0 Å². The molecule has 1 aliphatic rings. The second-order valence-corrected chi connectivity index (χ2v) is 3.42. The van der Waals surface area contributed by atoms with Crippen molar-refractivity contribution < 1.29 is 4.42 Å². The first-order chi connectivity index (χ1) is 5.29. The molecule has 1 aromatic rings. The number of furan rings is 1. The first kappa shape index (κ1) is 6.92. The van der Waals surface area contributed by atoms with Crippen LogP contribution in [0.1, 0.15) is 25.1 Å². The molecule has 0 amide bonds.